The largest absolute Gasteiger partial charge is 0.324 e. The van der Waals surface area contributed by atoms with Crippen molar-refractivity contribution in [1.29, 1.82) is 0 Å². The predicted octanol–water partition coefficient (Wildman–Crippen LogP) is 4.21. The van der Waals surface area contributed by atoms with E-state index in [1.165, 1.54) is 9.71 Å². The Balaban J connectivity index is 1.14. The number of carbonyl (C=O) groups is 1. The molecule has 0 radical (unpaired) electrons. The summed E-state index contributed by atoms with van der Waals surface area (Å²) < 4.78 is 1.25. The molecule has 0 atom stereocenters. The standard InChI is InChI=1S/C24H24N4OS/c29-23(25-20-10-5-7-18-6-1-2-8-19(18)20)16-27-12-14-28(15-13-27)17-24-26-21-9-3-4-11-22(21)30-24/h1-11H,12-17H2,(H,25,29). The van der Waals surface area contributed by atoms with E-state index in [2.05, 4.69) is 45.4 Å². The molecule has 3 aromatic carbocycles. The van der Waals surface area contributed by atoms with Crippen LogP contribution in [0.1, 0.15) is 5.01 Å². The molecule has 5 nitrogen and oxygen atoms in total. The Morgan fingerprint density at radius 3 is 2.50 bits per heavy atom. The SMILES string of the molecule is O=C(CN1CCN(Cc2nc3ccccc3s2)CC1)Nc1cccc2ccccc12. The molecule has 1 aromatic heterocycles. The van der Waals surface area contributed by atoms with Crippen LogP contribution in [0.4, 0.5) is 5.69 Å². The van der Waals surface area contributed by atoms with Gasteiger partial charge in [-0.15, -0.1) is 11.3 Å². The first-order valence-electron chi connectivity index (χ1n) is 10.3. The molecule has 0 spiro atoms. The molecule has 1 fully saturated rings. The second-order valence-electron chi connectivity index (χ2n) is 7.70. The molecule has 30 heavy (non-hydrogen) atoms. The van der Waals surface area contributed by atoms with E-state index in [4.69, 9.17) is 4.98 Å². The van der Waals surface area contributed by atoms with Crippen molar-refractivity contribution in [1.82, 2.24) is 14.8 Å². The van der Waals surface area contributed by atoms with Gasteiger partial charge in [-0.25, -0.2) is 4.98 Å². The minimum atomic E-state index is 0.0472. The van der Waals surface area contributed by atoms with E-state index >= 15 is 0 Å². The van der Waals surface area contributed by atoms with Crippen molar-refractivity contribution >= 4 is 43.9 Å². The zero-order valence-electron chi connectivity index (χ0n) is 16.8. The summed E-state index contributed by atoms with van der Waals surface area (Å²) >= 11 is 1.77. The number of anilines is 1. The topological polar surface area (TPSA) is 48.5 Å². The fourth-order valence-corrected chi connectivity index (χ4v) is 5.02. The van der Waals surface area contributed by atoms with E-state index in [-0.39, 0.29) is 5.91 Å². The number of nitrogens with zero attached hydrogens (tertiary/aromatic N) is 3. The monoisotopic (exact) mass is 416 g/mol. The number of para-hydroxylation sites is 1. The Bertz CT molecular complexity index is 1140. The molecule has 0 saturated carbocycles. The van der Waals surface area contributed by atoms with Crippen molar-refractivity contribution in [2.75, 3.05) is 38.0 Å². The van der Waals surface area contributed by atoms with E-state index in [0.717, 1.165) is 54.7 Å². The molecule has 0 aliphatic carbocycles. The molecule has 0 bridgehead atoms. The Morgan fingerprint density at radius 1 is 0.900 bits per heavy atom. The molecular weight excluding hydrogens is 392 g/mol. The number of rotatable bonds is 5. The number of hydrogen-bond acceptors (Lipinski definition) is 5. The fraction of sp³-hybridized carbons (Fsp3) is 0.250. The van der Waals surface area contributed by atoms with Gasteiger partial charge in [0.25, 0.3) is 0 Å². The average Bonchev–Trinajstić information content (AvgIpc) is 3.18. The number of fused-ring (bicyclic) bond motifs is 2. The highest BCUT2D eigenvalue weighted by Gasteiger charge is 2.20. The predicted molar refractivity (Wildman–Crippen MR) is 124 cm³/mol. The Morgan fingerprint density at radius 2 is 1.63 bits per heavy atom. The van der Waals surface area contributed by atoms with Crippen LogP contribution in [0.25, 0.3) is 21.0 Å². The van der Waals surface area contributed by atoms with Crippen LogP contribution in [-0.2, 0) is 11.3 Å². The first kappa shape index (κ1) is 19.2. The van der Waals surface area contributed by atoms with Gasteiger partial charge in [-0.3, -0.25) is 14.6 Å². The highest BCUT2D eigenvalue weighted by Crippen LogP contribution is 2.24. The third-order valence-electron chi connectivity index (χ3n) is 5.59. The van der Waals surface area contributed by atoms with Gasteiger partial charge in [-0.2, -0.15) is 0 Å². The molecule has 1 amide bonds. The van der Waals surface area contributed by atoms with Gasteiger partial charge in [0, 0.05) is 37.3 Å². The van der Waals surface area contributed by atoms with Crippen molar-refractivity contribution < 1.29 is 4.79 Å². The first-order valence-corrected chi connectivity index (χ1v) is 11.1. The highest BCUT2D eigenvalue weighted by molar-refractivity contribution is 7.18. The molecule has 4 aromatic rings. The second-order valence-corrected chi connectivity index (χ2v) is 8.82. The van der Waals surface area contributed by atoms with E-state index in [0.29, 0.717) is 6.54 Å². The van der Waals surface area contributed by atoms with E-state index in [1.807, 2.05) is 36.4 Å². The lowest BCUT2D eigenvalue weighted by Gasteiger charge is -2.33. The van der Waals surface area contributed by atoms with Gasteiger partial charge in [0.1, 0.15) is 5.01 Å². The van der Waals surface area contributed by atoms with Crippen LogP contribution in [0, 0.1) is 0 Å². The number of piperazine rings is 1. The third-order valence-corrected chi connectivity index (χ3v) is 6.61. The fourth-order valence-electron chi connectivity index (χ4n) is 4.01. The van der Waals surface area contributed by atoms with Gasteiger partial charge in [0.05, 0.1) is 23.3 Å². The van der Waals surface area contributed by atoms with Gasteiger partial charge < -0.3 is 5.32 Å². The molecule has 1 aliphatic rings. The van der Waals surface area contributed by atoms with Crippen LogP contribution in [0.5, 0.6) is 0 Å². The Hall–Kier alpha value is -2.80. The van der Waals surface area contributed by atoms with Crippen molar-refractivity contribution in [2.24, 2.45) is 0 Å². The summed E-state index contributed by atoms with van der Waals surface area (Å²) in [6.07, 6.45) is 0. The van der Waals surface area contributed by atoms with E-state index in [9.17, 15) is 4.79 Å². The van der Waals surface area contributed by atoms with Crippen LogP contribution < -0.4 is 5.32 Å². The zero-order chi connectivity index (χ0) is 20.3. The van der Waals surface area contributed by atoms with Crippen molar-refractivity contribution in [2.45, 2.75) is 6.54 Å². The Labute approximate surface area is 179 Å². The third kappa shape index (κ3) is 4.21. The lowest BCUT2D eigenvalue weighted by atomic mass is 10.1. The summed E-state index contributed by atoms with van der Waals surface area (Å²) in [5.74, 6) is 0.0472. The molecule has 2 heterocycles. The first-order chi connectivity index (χ1) is 14.7. The van der Waals surface area contributed by atoms with Crippen LogP contribution in [-0.4, -0.2) is 53.4 Å². The summed E-state index contributed by atoms with van der Waals surface area (Å²) in [7, 11) is 0. The zero-order valence-corrected chi connectivity index (χ0v) is 17.6. The maximum absolute atomic E-state index is 12.6. The van der Waals surface area contributed by atoms with Gasteiger partial charge in [-0.1, -0.05) is 48.5 Å². The lowest BCUT2D eigenvalue weighted by Crippen LogP contribution is -2.48. The molecule has 5 rings (SSSR count). The summed E-state index contributed by atoms with van der Waals surface area (Å²) in [5, 5.41) is 6.48. The lowest BCUT2D eigenvalue weighted by molar-refractivity contribution is -0.117. The van der Waals surface area contributed by atoms with Gasteiger partial charge >= 0.3 is 0 Å². The van der Waals surface area contributed by atoms with Gasteiger partial charge in [0.2, 0.25) is 5.91 Å². The number of amides is 1. The second kappa shape index (κ2) is 8.52. The molecule has 152 valence electrons. The van der Waals surface area contributed by atoms with Crippen molar-refractivity contribution in [3.05, 3.63) is 71.7 Å². The molecule has 0 unspecified atom stereocenters. The number of carbonyl (C=O) groups excluding carboxylic acids is 1. The molecular formula is C24H24N4OS. The number of thiazole rings is 1. The van der Waals surface area contributed by atoms with Crippen molar-refractivity contribution in [3.63, 3.8) is 0 Å². The Kier molecular flexibility index (Phi) is 5.45. The van der Waals surface area contributed by atoms with Crippen LogP contribution in [0.15, 0.2) is 66.7 Å². The number of nitrogens with one attached hydrogen (secondary N) is 1. The van der Waals surface area contributed by atoms with E-state index in [1.54, 1.807) is 11.3 Å². The number of hydrogen-bond donors (Lipinski definition) is 1. The molecule has 1 saturated heterocycles. The smallest absolute Gasteiger partial charge is 0.238 e. The highest BCUT2D eigenvalue weighted by atomic mass is 32.1. The summed E-state index contributed by atoms with van der Waals surface area (Å²) in [6, 6.07) is 22.4. The van der Waals surface area contributed by atoms with Crippen molar-refractivity contribution in [3.8, 4) is 0 Å². The van der Waals surface area contributed by atoms with Gasteiger partial charge in [-0.05, 0) is 23.6 Å². The maximum atomic E-state index is 12.6. The van der Waals surface area contributed by atoms with Gasteiger partial charge in [0.15, 0.2) is 0 Å². The van der Waals surface area contributed by atoms with Crippen LogP contribution >= 0.6 is 11.3 Å². The quantitative estimate of drug-likeness (QED) is 0.530. The van der Waals surface area contributed by atoms with Crippen LogP contribution in [0.3, 0.4) is 0 Å². The average molecular weight is 417 g/mol. The summed E-state index contributed by atoms with van der Waals surface area (Å²) in [6.45, 7) is 5.02. The normalized spacial score (nSPS) is 15.6. The minimum absolute atomic E-state index is 0.0472. The summed E-state index contributed by atoms with van der Waals surface area (Å²) in [5.41, 5.74) is 1.97. The maximum Gasteiger partial charge on any atom is 0.238 e. The van der Waals surface area contributed by atoms with Crippen LogP contribution in [0.2, 0.25) is 0 Å². The number of aromatic nitrogens is 1. The number of benzene rings is 3. The molecule has 6 heteroatoms. The van der Waals surface area contributed by atoms with E-state index < -0.39 is 0 Å². The summed E-state index contributed by atoms with van der Waals surface area (Å²) in [4.78, 5) is 22.0. The minimum Gasteiger partial charge on any atom is -0.324 e. The molecule has 1 N–H and O–H groups in total. The molecule has 1 aliphatic heterocycles.